The van der Waals surface area contributed by atoms with Gasteiger partial charge in [-0.15, -0.1) is 0 Å². The quantitative estimate of drug-likeness (QED) is 0.776. The van der Waals surface area contributed by atoms with Gasteiger partial charge in [-0.25, -0.2) is 4.39 Å². The van der Waals surface area contributed by atoms with Gasteiger partial charge in [-0.3, -0.25) is 4.90 Å². The largest absolute Gasteiger partial charge is 0.398 e. The van der Waals surface area contributed by atoms with E-state index in [0.29, 0.717) is 37.1 Å². The van der Waals surface area contributed by atoms with Crippen molar-refractivity contribution in [1.82, 2.24) is 4.90 Å². The Morgan fingerprint density at radius 3 is 3.06 bits per heavy atom. The van der Waals surface area contributed by atoms with Crippen LogP contribution in [0.25, 0.3) is 0 Å². The summed E-state index contributed by atoms with van der Waals surface area (Å²) in [4.78, 5) is 2.19. The van der Waals surface area contributed by atoms with E-state index in [-0.39, 0.29) is 5.82 Å². The molecule has 1 aliphatic heterocycles. The molecule has 0 saturated carbocycles. The summed E-state index contributed by atoms with van der Waals surface area (Å²) >= 11 is 0. The molecule has 2 N–H and O–H groups in total. The highest BCUT2D eigenvalue weighted by Gasteiger charge is 2.20. The van der Waals surface area contributed by atoms with E-state index in [9.17, 15) is 4.39 Å². The van der Waals surface area contributed by atoms with Crippen molar-refractivity contribution in [3.8, 4) is 0 Å². The first-order valence-corrected chi connectivity index (χ1v) is 5.53. The molecule has 2 rings (SSSR count). The van der Waals surface area contributed by atoms with Crippen molar-refractivity contribution in [3.05, 3.63) is 29.6 Å². The van der Waals surface area contributed by atoms with Crippen molar-refractivity contribution in [2.75, 3.05) is 25.5 Å². The van der Waals surface area contributed by atoms with Crippen molar-refractivity contribution in [2.45, 2.75) is 19.5 Å². The van der Waals surface area contributed by atoms with Crippen LogP contribution in [0.4, 0.5) is 10.1 Å². The topological polar surface area (TPSA) is 38.5 Å². The van der Waals surface area contributed by atoms with Gasteiger partial charge in [0, 0.05) is 30.4 Å². The molecule has 88 valence electrons. The van der Waals surface area contributed by atoms with Crippen LogP contribution >= 0.6 is 0 Å². The molecule has 0 aromatic heterocycles. The minimum atomic E-state index is -0.223. The summed E-state index contributed by atoms with van der Waals surface area (Å²) in [5.74, 6) is -0.223. The monoisotopic (exact) mass is 224 g/mol. The lowest BCUT2D eigenvalue weighted by Gasteiger charge is -2.33. The molecule has 16 heavy (non-hydrogen) atoms. The van der Waals surface area contributed by atoms with E-state index >= 15 is 0 Å². The molecule has 1 fully saturated rings. The second kappa shape index (κ2) is 4.80. The summed E-state index contributed by atoms with van der Waals surface area (Å²) in [5, 5.41) is 0. The Kier molecular flexibility index (Phi) is 3.41. The standard InChI is InChI=1S/C12H17FN2O/c1-9-8-16-6-5-15(9)7-10-11(13)3-2-4-12(10)14/h2-4,9H,5-8,14H2,1H3. The van der Waals surface area contributed by atoms with Gasteiger partial charge in [-0.2, -0.15) is 0 Å². The molecule has 0 amide bonds. The van der Waals surface area contributed by atoms with Crippen molar-refractivity contribution in [1.29, 1.82) is 0 Å². The van der Waals surface area contributed by atoms with E-state index in [4.69, 9.17) is 10.5 Å². The number of ether oxygens (including phenoxy) is 1. The summed E-state index contributed by atoms with van der Waals surface area (Å²) in [6.07, 6.45) is 0. The van der Waals surface area contributed by atoms with Crippen LogP contribution in [0.15, 0.2) is 18.2 Å². The smallest absolute Gasteiger partial charge is 0.129 e. The van der Waals surface area contributed by atoms with Crippen LogP contribution in [0.3, 0.4) is 0 Å². The van der Waals surface area contributed by atoms with Crippen molar-refractivity contribution >= 4 is 5.69 Å². The first-order chi connectivity index (χ1) is 7.68. The van der Waals surface area contributed by atoms with Gasteiger partial charge in [0.2, 0.25) is 0 Å². The van der Waals surface area contributed by atoms with Crippen LogP contribution < -0.4 is 5.73 Å². The second-order valence-corrected chi connectivity index (χ2v) is 4.20. The molecule has 1 atom stereocenters. The van der Waals surface area contributed by atoms with E-state index in [1.54, 1.807) is 12.1 Å². The molecular weight excluding hydrogens is 207 g/mol. The highest BCUT2D eigenvalue weighted by Crippen LogP contribution is 2.20. The van der Waals surface area contributed by atoms with Gasteiger partial charge in [0.25, 0.3) is 0 Å². The lowest BCUT2D eigenvalue weighted by molar-refractivity contribution is -0.00470. The van der Waals surface area contributed by atoms with Crippen LogP contribution in [0.1, 0.15) is 12.5 Å². The SMILES string of the molecule is CC1COCCN1Cc1c(N)cccc1F. The Morgan fingerprint density at radius 1 is 1.56 bits per heavy atom. The third-order valence-corrected chi connectivity index (χ3v) is 3.02. The molecule has 1 aliphatic rings. The van der Waals surface area contributed by atoms with Gasteiger partial charge >= 0.3 is 0 Å². The summed E-state index contributed by atoms with van der Waals surface area (Å²) in [6, 6.07) is 5.14. The third kappa shape index (κ3) is 2.33. The molecule has 1 heterocycles. The zero-order chi connectivity index (χ0) is 11.5. The fourth-order valence-corrected chi connectivity index (χ4v) is 1.94. The van der Waals surface area contributed by atoms with Gasteiger partial charge in [0.15, 0.2) is 0 Å². The number of nitrogen functional groups attached to an aromatic ring is 1. The summed E-state index contributed by atoms with van der Waals surface area (Å²) < 4.78 is 18.9. The Bertz CT molecular complexity index is 350. The van der Waals surface area contributed by atoms with E-state index in [1.807, 2.05) is 0 Å². The van der Waals surface area contributed by atoms with Crippen LogP contribution in [-0.2, 0) is 11.3 Å². The highest BCUT2D eigenvalue weighted by atomic mass is 19.1. The number of anilines is 1. The Hall–Kier alpha value is -1.13. The minimum Gasteiger partial charge on any atom is -0.398 e. The molecule has 4 heteroatoms. The Morgan fingerprint density at radius 2 is 2.38 bits per heavy atom. The van der Waals surface area contributed by atoms with Gasteiger partial charge < -0.3 is 10.5 Å². The molecule has 1 unspecified atom stereocenters. The number of hydrogen-bond donors (Lipinski definition) is 1. The van der Waals surface area contributed by atoms with Crippen LogP contribution in [-0.4, -0.2) is 30.7 Å². The predicted molar refractivity (Wildman–Crippen MR) is 61.5 cm³/mol. The zero-order valence-corrected chi connectivity index (χ0v) is 9.45. The van der Waals surface area contributed by atoms with Gasteiger partial charge in [-0.05, 0) is 19.1 Å². The van der Waals surface area contributed by atoms with Gasteiger partial charge in [0.1, 0.15) is 5.82 Å². The molecular formula is C12H17FN2O. The molecule has 0 aliphatic carbocycles. The molecule has 1 aromatic rings. The van der Waals surface area contributed by atoms with Crippen molar-refractivity contribution in [2.24, 2.45) is 0 Å². The van der Waals surface area contributed by atoms with Crippen LogP contribution in [0, 0.1) is 5.82 Å². The number of morpholine rings is 1. The first kappa shape index (κ1) is 11.4. The van der Waals surface area contributed by atoms with Crippen molar-refractivity contribution in [3.63, 3.8) is 0 Å². The zero-order valence-electron chi connectivity index (χ0n) is 9.45. The van der Waals surface area contributed by atoms with Crippen LogP contribution in [0.5, 0.6) is 0 Å². The number of rotatable bonds is 2. The first-order valence-electron chi connectivity index (χ1n) is 5.53. The minimum absolute atomic E-state index is 0.223. The summed E-state index contributed by atoms with van der Waals surface area (Å²) in [5.41, 5.74) is 6.91. The average molecular weight is 224 g/mol. The maximum Gasteiger partial charge on any atom is 0.129 e. The fraction of sp³-hybridized carbons (Fsp3) is 0.500. The van der Waals surface area contributed by atoms with E-state index in [1.165, 1.54) is 6.07 Å². The normalized spacial score (nSPS) is 22.2. The van der Waals surface area contributed by atoms with Gasteiger partial charge in [0.05, 0.1) is 13.2 Å². The van der Waals surface area contributed by atoms with E-state index < -0.39 is 0 Å². The Labute approximate surface area is 95.0 Å². The van der Waals surface area contributed by atoms with Crippen molar-refractivity contribution < 1.29 is 9.13 Å². The highest BCUT2D eigenvalue weighted by molar-refractivity contribution is 5.47. The Balaban J connectivity index is 2.13. The van der Waals surface area contributed by atoms with Gasteiger partial charge in [-0.1, -0.05) is 6.07 Å². The number of nitrogens with zero attached hydrogens (tertiary/aromatic N) is 1. The predicted octanol–water partition coefficient (Wildman–Crippen LogP) is 1.63. The number of hydrogen-bond acceptors (Lipinski definition) is 3. The molecule has 0 radical (unpaired) electrons. The number of benzene rings is 1. The molecule has 3 nitrogen and oxygen atoms in total. The van der Waals surface area contributed by atoms with E-state index in [2.05, 4.69) is 11.8 Å². The molecule has 0 bridgehead atoms. The maximum absolute atomic E-state index is 13.6. The van der Waals surface area contributed by atoms with E-state index in [0.717, 1.165) is 6.54 Å². The molecule has 0 spiro atoms. The second-order valence-electron chi connectivity index (χ2n) is 4.20. The average Bonchev–Trinajstić information content (AvgIpc) is 2.26. The number of halogens is 1. The fourth-order valence-electron chi connectivity index (χ4n) is 1.94. The summed E-state index contributed by atoms with van der Waals surface area (Å²) in [6.45, 7) is 4.88. The molecule has 1 aromatic carbocycles. The third-order valence-electron chi connectivity index (χ3n) is 3.02. The lowest BCUT2D eigenvalue weighted by atomic mass is 10.1. The lowest BCUT2D eigenvalue weighted by Crippen LogP contribution is -2.43. The molecule has 1 saturated heterocycles. The maximum atomic E-state index is 13.6. The van der Waals surface area contributed by atoms with Crippen LogP contribution in [0.2, 0.25) is 0 Å². The number of nitrogens with two attached hydrogens (primary N) is 1. The summed E-state index contributed by atoms with van der Waals surface area (Å²) in [7, 11) is 0.